The minimum Gasteiger partial charge on any atom is -0.496 e. The van der Waals surface area contributed by atoms with Crippen molar-refractivity contribution in [1.82, 2.24) is 9.80 Å². The second-order valence-corrected chi connectivity index (χ2v) is 5.49. The van der Waals surface area contributed by atoms with Gasteiger partial charge in [-0.3, -0.25) is 9.69 Å². The van der Waals surface area contributed by atoms with Crippen LogP contribution in [0.2, 0.25) is 5.02 Å². The van der Waals surface area contributed by atoms with E-state index in [1.165, 1.54) is 7.11 Å². The van der Waals surface area contributed by atoms with Gasteiger partial charge in [-0.2, -0.15) is 0 Å². The lowest BCUT2D eigenvalue weighted by molar-refractivity contribution is 0.0757. The standard InChI is InChI=1S/C15H21ClN2O3/c1-21-14-11-12(16)3-4-13(14)15(20)18-6-2-5-17(7-8-18)9-10-19/h3-4,11,19H,2,5-10H2,1H3. The third kappa shape index (κ3) is 4.09. The molecule has 0 spiro atoms. The lowest BCUT2D eigenvalue weighted by Crippen LogP contribution is -2.36. The molecule has 0 radical (unpaired) electrons. The number of methoxy groups -OCH3 is 1. The van der Waals surface area contributed by atoms with Crippen LogP contribution in [-0.2, 0) is 0 Å². The summed E-state index contributed by atoms with van der Waals surface area (Å²) in [6.07, 6.45) is 0.904. The maximum atomic E-state index is 12.6. The van der Waals surface area contributed by atoms with Crippen LogP contribution in [0.3, 0.4) is 0 Å². The molecule has 1 aromatic carbocycles. The molecule has 2 rings (SSSR count). The van der Waals surface area contributed by atoms with Gasteiger partial charge in [0.25, 0.3) is 5.91 Å². The topological polar surface area (TPSA) is 53.0 Å². The zero-order chi connectivity index (χ0) is 15.2. The quantitative estimate of drug-likeness (QED) is 0.915. The van der Waals surface area contributed by atoms with Gasteiger partial charge in [-0.25, -0.2) is 0 Å². The molecule has 1 aliphatic rings. The molecule has 0 atom stereocenters. The number of nitrogens with zero attached hydrogens (tertiary/aromatic N) is 2. The van der Waals surface area contributed by atoms with Crippen LogP contribution in [0.1, 0.15) is 16.8 Å². The highest BCUT2D eigenvalue weighted by Crippen LogP contribution is 2.24. The van der Waals surface area contributed by atoms with Crippen molar-refractivity contribution >= 4 is 17.5 Å². The minimum atomic E-state index is -0.0330. The summed E-state index contributed by atoms with van der Waals surface area (Å²) in [6, 6.07) is 5.07. The van der Waals surface area contributed by atoms with E-state index in [2.05, 4.69) is 4.90 Å². The van der Waals surface area contributed by atoms with Gasteiger partial charge < -0.3 is 14.7 Å². The third-order valence-corrected chi connectivity index (χ3v) is 3.92. The van der Waals surface area contributed by atoms with Crippen molar-refractivity contribution in [1.29, 1.82) is 0 Å². The second-order valence-electron chi connectivity index (χ2n) is 5.06. The number of aliphatic hydroxyl groups excluding tert-OH is 1. The van der Waals surface area contributed by atoms with Crippen molar-refractivity contribution in [2.24, 2.45) is 0 Å². The summed E-state index contributed by atoms with van der Waals surface area (Å²) in [7, 11) is 1.54. The number of hydrogen-bond acceptors (Lipinski definition) is 4. The Morgan fingerprint density at radius 2 is 2.14 bits per heavy atom. The maximum absolute atomic E-state index is 12.6. The van der Waals surface area contributed by atoms with Crippen molar-refractivity contribution in [3.05, 3.63) is 28.8 Å². The molecule has 0 bridgehead atoms. The number of amides is 1. The van der Waals surface area contributed by atoms with E-state index in [4.69, 9.17) is 21.4 Å². The molecular weight excluding hydrogens is 292 g/mol. The molecule has 0 saturated carbocycles. The normalized spacial score (nSPS) is 16.6. The number of aliphatic hydroxyl groups is 1. The first kappa shape index (κ1) is 16.1. The highest BCUT2D eigenvalue weighted by Gasteiger charge is 2.22. The van der Waals surface area contributed by atoms with E-state index in [1.54, 1.807) is 18.2 Å². The Bertz CT molecular complexity index is 496. The number of carbonyl (C=O) groups excluding carboxylic acids is 1. The number of ether oxygens (including phenoxy) is 1. The molecule has 1 aliphatic heterocycles. The molecule has 0 aliphatic carbocycles. The Morgan fingerprint density at radius 3 is 2.86 bits per heavy atom. The van der Waals surface area contributed by atoms with E-state index < -0.39 is 0 Å². The summed E-state index contributed by atoms with van der Waals surface area (Å²) in [5.74, 6) is 0.471. The highest BCUT2D eigenvalue weighted by molar-refractivity contribution is 6.30. The first-order valence-electron chi connectivity index (χ1n) is 7.11. The van der Waals surface area contributed by atoms with E-state index in [1.807, 2.05) is 4.90 Å². The average Bonchev–Trinajstić information content (AvgIpc) is 2.72. The van der Waals surface area contributed by atoms with Crippen LogP contribution >= 0.6 is 11.6 Å². The zero-order valence-corrected chi connectivity index (χ0v) is 13.0. The Hall–Kier alpha value is -1.30. The zero-order valence-electron chi connectivity index (χ0n) is 12.2. The largest absolute Gasteiger partial charge is 0.496 e. The Labute approximate surface area is 130 Å². The van der Waals surface area contributed by atoms with Gasteiger partial charge in [0, 0.05) is 31.2 Å². The van der Waals surface area contributed by atoms with Crippen LogP contribution in [0.5, 0.6) is 5.75 Å². The molecule has 0 aromatic heterocycles. The summed E-state index contributed by atoms with van der Waals surface area (Å²) < 4.78 is 5.25. The van der Waals surface area contributed by atoms with E-state index in [0.717, 1.165) is 19.5 Å². The number of β-amino-alcohol motifs (C(OH)–C–C–N with tert-alkyl or cyclic N) is 1. The van der Waals surface area contributed by atoms with Crippen LogP contribution in [0.4, 0.5) is 0 Å². The summed E-state index contributed by atoms with van der Waals surface area (Å²) in [5, 5.41) is 9.56. The molecule has 1 heterocycles. The number of halogens is 1. The summed E-state index contributed by atoms with van der Waals surface area (Å²) in [6.45, 7) is 3.87. The molecule has 1 aromatic rings. The molecule has 1 saturated heterocycles. The molecule has 6 heteroatoms. The van der Waals surface area contributed by atoms with Crippen LogP contribution in [0.25, 0.3) is 0 Å². The fourth-order valence-corrected chi connectivity index (χ4v) is 2.71. The van der Waals surface area contributed by atoms with Gasteiger partial charge in [0.1, 0.15) is 5.75 Å². The third-order valence-electron chi connectivity index (χ3n) is 3.69. The first-order valence-corrected chi connectivity index (χ1v) is 7.49. The van der Waals surface area contributed by atoms with E-state index in [9.17, 15) is 4.79 Å². The van der Waals surface area contributed by atoms with Gasteiger partial charge in [-0.05, 0) is 31.2 Å². The first-order chi connectivity index (χ1) is 10.2. The molecule has 21 heavy (non-hydrogen) atoms. The predicted octanol–water partition coefficient (Wildman–Crippen LogP) is 1.49. The number of rotatable bonds is 4. The number of carbonyl (C=O) groups is 1. The fourth-order valence-electron chi connectivity index (χ4n) is 2.55. The van der Waals surface area contributed by atoms with Gasteiger partial charge in [0.15, 0.2) is 0 Å². The van der Waals surface area contributed by atoms with E-state index in [-0.39, 0.29) is 12.5 Å². The highest BCUT2D eigenvalue weighted by atomic mass is 35.5. The smallest absolute Gasteiger partial charge is 0.257 e. The van der Waals surface area contributed by atoms with Crippen molar-refractivity contribution in [2.45, 2.75) is 6.42 Å². The van der Waals surface area contributed by atoms with Crippen LogP contribution in [0, 0.1) is 0 Å². The predicted molar refractivity (Wildman–Crippen MR) is 82.1 cm³/mol. The van der Waals surface area contributed by atoms with Gasteiger partial charge in [0.05, 0.1) is 19.3 Å². The van der Waals surface area contributed by atoms with E-state index >= 15 is 0 Å². The van der Waals surface area contributed by atoms with Crippen LogP contribution < -0.4 is 4.74 Å². The van der Waals surface area contributed by atoms with E-state index in [0.29, 0.717) is 36.0 Å². The van der Waals surface area contributed by atoms with Gasteiger partial charge >= 0.3 is 0 Å². The Morgan fingerprint density at radius 1 is 1.33 bits per heavy atom. The number of hydrogen-bond donors (Lipinski definition) is 1. The minimum absolute atomic E-state index is 0.0330. The molecule has 1 amide bonds. The van der Waals surface area contributed by atoms with Gasteiger partial charge in [-0.15, -0.1) is 0 Å². The van der Waals surface area contributed by atoms with Crippen LogP contribution in [0.15, 0.2) is 18.2 Å². The number of benzene rings is 1. The molecule has 116 valence electrons. The van der Waals surface area contributed by atoms with Gasteiger partial charge in [0.2, 0.25) is 0 Å². The lowest BCUT2D eigenvalue weighted by Gasteiger charge is -2.22. The Balaban J connectivity index is 2.09. The Kier molecular flexibility index (Phi) is 5.85. The molecule has 1 fully saturated rings. The maximum Gasteiger partial charge on any atom is 0.257 e. The molecule has 0 unspecified atom stereocenters. The summed E-state index contributed by atoms with van der Waals surface area (Å²) in [5.41, 5.74) is 0.539. The molecule has 1 N–H and O–H groups in total. The van der Waals surface area contributed by atoms with Crippen molar-refractivity contribution in [3.63, 3.8) is 0 Å². The summed E-state index contributed by atoms with van der Waals surface area (Å²) in [4.78, 5) is 16.7. The molecular formula is C15H21ClN2O3. The van der Waals surface area contributed by atoms with Crippen LogP contribution in [-0.4, -0.2) is 67.3 Å². The van der Waals surface area contributed by atoms with Crippen molar-refractivity contribution in [2.75, 3.05) is 46.4 Å². The summed E-state index contributed by atoms with van der Waals surface area (Å²) >= 11 is 5.93. The average molecular weight is 313 g/mol. The molecule has 5 nitrogen and oxygen atoms in total. The SMILES string of the molecule is COc1cc(Cl)ccc1C(=O)N1CCCN(CCO)CC1. The van der Waals surface area contributed by atoms with Crippen molar-refractivity contribution in [3.8, 4) is 5.75 Å². The second kappa shape index (κ2) is 7.64. The monoisotopic (exact) mass is 312 g/mol. The van der Waals surface area contributed by atoms with Crippen molar-refractivity contribution < 1.29 is 14.6 Å². The van der Waals surface area contributed by atoms with Gasteiger partial charge in [-0.1, -0.05) is 11.6 Å². The lowest BCUT2D eigenvalue weighted by atomic mass is 10.1. The fraction of sp³-hybridized carbons (Fsp3) is 0.533.